The van der Waals surface area contributed by atoms with Gasteiger partial charge < -0.3 is 16.2 Å². The Labute approximate surface area is 183 Å². The highest BCUT2D eigenvalue weighted by molar-refractivity contribution is 5.95. The number of alkyl halides is 3. The van der Waals surface area contributed by atoms with E-state index < -0.39 is 35.1 Å². The highest BCUT2D eigenvalue weighted by Gasteiger charge is 2.32. The summed E-state index contributed by atoms with van der Waals surface area (Å²) in [6, 6.07) is 6.18. The summed E-state index contributed by atoms with van der Waals surface area (Å²) in [5.41, 5.74) is 6.66. The number of benzene rings is 2. The van der Waals surface area contributed by atoms with Gasteiger partial charge in [-0.1, -0.05) is 0 Å². The monoisotopic (exact) mass is 460 g/mol. The Bertz CT molecular complexity index is 1370. The maximum Gasteiger partial charge on any atom is 0.416 e. The first-order chi connectivity index (χ1) is 15.5. The molecule has 0 radical (unpaired) electrons. The molecule has 0 aliphatic carbocycles. The van der Waals surface area contributed by atoms with Crippen molar-refractivity contribution in [3.63, 3.8) is 0 Å². The molecular weight excluding hydrogens is 444 g/mol. The van der Waals surface area contributed by atoms with Crippen molar-refractivity contribution in [3.05, 3.63) is 71.4 Å². The van der Waals surface area contributed by atoms with Gasteiger partial charge in [0.2, 0.25) is 0 Å². The van der Waals surface area contributed by atoms with Gasteiger partial charge in [-0.3, -0.25) is 4.79 Å². The average molecular weight is 460 g/mol. The van der Waals surface area contributed by atoms with Crippen LogP contribution in [0.5, 0.6) is 0 Å². The van der Waals surface area contributed by atoms with Crippen LogP contribution >= 0.6 is 0 Å². The van der Waals surface area contributed by atoms with Crippen molar-refractivity contribution in [1.29, 1.82) is 0 Å². The number of halogens is 4. The summed E-state index contributed by atoms with van der Waals surface area (Å²) >= 11 is 0. The molecule has 0 bridgehead atoms. The van der Waals surface area contributed by atoms with E-state index in [1.54, 1.807) is 19.1 Å². The zero-order valence-electron chi connectivity index (χ0n) is 16.9. The van der Waals surface area contributed by atoms with Crippen LogP contribution < -0.4 is 11.1 Å². The van der Waals surface area contributed by atoms with Gasteiger partial charge >= 0.3 is 6.18 Å². The maximum absolute atomic E-state index is 13.6. The number of rotatable bonds is 4. The Hall–Kier alpha value is -4.06. The van der Waals surface area contributed by atoms with Crippen LogP contribution in [0.1, 0.15) is 22.8 Å². The van der Waals surface area contributed by atoms with E-state index in [0.29, 0.717) is 34.4 Å². The number of aliphatic hydroxyl groups is 1. The number of hydrogen-bond donors (Lipinski definition) is 3. The molecule has 2 aromatic heterocycles. The normalized spacial score (nSPS) is 12.7. The van der Waals surface area contributed by atoms with Gasteiger partial charge in [0.1, 0.15) is 23.2 Å². The summed E-state index contributed by atoms with van der Waals surface area (Å²) in [7, 11) is 0. The first-order valence-corrected chi connectivity index (χ1v) is 9.46. The molecule has 4 N–H and O–H groups in total. The number of carbonyl (C=O) groups is 1. The van der Waals surface area contributed by atoms with Gasteiger partial charge in [-0.15, -0.1) is 0 Å². The molecule has 0 fully saturated rings. The summed E-state index contributed by atoms with van der Waals surface area (Å²) in [6.07, 6.45) is -4.01. The van der Waals surface area contributed by atoms with E-state index in [9.17, 15) is 27.5 Å². The minimum absolute atomic E-state index is 0.228. The van der Waals surface area contributed by atoms with Crippen LogP contribution in [-0.2, 0) is 11.0 Å². The smallest absolute Gasteiger partial charge is 0.382 e. The zero-order valence-corrected chi connectivity index (χ0v) is 16.9. The lowest BCUT2D eigenvalue weighted by atomic mass is 10.0. The van der Waals surface area contributed by atoms with Crippen LogP contribution in [0.2, 0.25) is 0 Å². The van der Waals surface area contributed by atoms with Crippen LogP contribution in [0.25, 0.3) is 16.7 Å². The quantitative estimate of drug-likeness (QED) is 0.401. The molecule has 170 valence electrons. The van der Waals surface area contributed by atoms with Crippen molar-refractivity contribution in [1.82, 2.24) is 19.7 Å². The molecule has 4 rings (SSSR count). The Morgan fingerprint density at radius 1 is 1.18 bits per heavy atom. The van der Waals surface area contributed by atoms with Crippen LogP contribution in [0.4, 0.5) is 29.1 Å². The number of aromatic nitrogens is 4. The number of carbonyl (C=O) groups excluding carboxylic acids is 1. The molecule has 0 spiro atoms. The predicted molar refractivity (Wildman–Crippen MR) is 111 cm³/mol. The topological polar surface area (TPSA) is 119 Å². The number of amides is 1. The van der Waals surface area contributed by atoms with E-state index in [1.165, 1.54) is 23.3 Å². The Morgan fingerprint density at radius 2 is 1.94 bits per heavy atom. The standard InChI is InChI=1S/C21H16F4N6O2/c1-10-4-14(2-3-16(10)31-17-15(8-29-31)27-9-28-19(17)26)30-20(33)18(32)11-5-12(21(23,24)25)7-13(22)6-11/h2-9,18,32H,1H3,(H,30,33)(H2,26,27,28). The second-order valence-corrected chi connectivity index (χ2v) is 7.21. The van der Waals surface area contributed by atoms with Gasteiger partial charge in [0.25, 0.3) is 5.91 Å². The van der Waals surface area contributed by atoms with E-state index in [1.807, 2.05) is 0 Å². The first kappa shape index (κ1) is 22.1. The number of fused-ring (bicyclic) bond motifs is 1. The molecule has 2 heterocycles. The van der Waals surface area contributed by atoms with Crippen molar-refractivity contribution in [2.45, 2.75) is 19.2 Å². The fourth-order valence-corrected chi connectivity index (χ4v) is 3.34. The van der Waals surface area contributed by atoms with E-state index in [2.05, 4.69) is 20.4 Å². The predicted octanol–water partition coefficient (Wildman–Crippen LogP) is 3.54. The summed E-state index contributed by atoms with van der Waals surface area (Å²) in [5, 5.41) is 16.9. The summed E-state index contributed by atoms with van der Waals surface area (Å²) in [5.74, 6) is -2.02. The molecule has 0 aliphatic rings. The van der Waals surface area contributed by atoms with E-state index >= 15 is 0 Å². The van der Waals surface area contributed by atoms with Crippen molar-refractivity contribution < 1.29 is 27.5 Å². The molecule has 0 saturated carbocycles. The molecule has 1 unspecified atom stereocenters. The number of nitrogens with one attached hydrogen (secondary N) is 1. The molecule has 33 heavy (non-hydrogen) atoms. The number of nitrogens with zero attached hydrogens (tertiary/aromatic N) is 4. The van der Waals surface area contributed by atoms with Crippen molar-refractivity contribution in [2.75, 3.05) is 11.1 Å². The van der Waals surface area contributed by atoms with Gasteiger partial charge in [0, 0.05) is 5.69 Å². The van der Waals surface area contributed by atoms with Gasteiger partial charge in [0.15, 0.2) is 11.9 Å². The molecular formula is C21H16F4N6O2. The van der Waals surface area contributed by atoms with Crippen LogP contribution in [0, 0.1) is 12.7 Å². The lowest BCUT2D eigenvalue weighted by Gasteiger charge is -2.15. The fourth-order valence-electron chi connectivity index (χ4n) is 3.34. The fraction of sp³-hybridized carbons (Fsp3) is 0.143. The number of nitrogens with two attached hydrogens (primary N) is 1. The Morgan fingerprint density at radius 3 is 2.64 bits per heavy atom. The molecule has 4 aromatic rings. The van der Waals surface area contributed by atoms with E-state index in [-0.39, 0.29) is 17.6 Å². The van der Waals surface area contributed by atoms with E-state index in [0.717, 1.165) is 0 Å². The van der Waals surface area contributed by atoms with Gasteiger partial charge in [-0.2, -0.15) is 18.3 Å². The SMILES string of the molecule is Cc1cc(NC(=O)C(O)c2cc(F)cc(C(F)(F)F)c2)ccc1-n1ncc2ncnc(N)c21. The van der Waals surface area contributed by atoms with Crippen LogP contribution in [0.3, 0.4) is 0 Å². The Kier molecular flexibility index (Phi) is 5.46. The van der Waals surface area contributed by atoms with Crippen molar-refractivity contribution in [2.24, 2.45) is 0 Å². The zero-order chi connectivity index (χ0) is 23.9. The second-order valence-electron chi connectivity index (χ2n) is 7.21. The highest BCUT2D eigenvalue weighted by atomic mass is 19.4. The summed E-state index contributed by atoms with van der Waals surface area (Å²) in [4.78, 5) is 20.5. The number of hydrogen-bond acceptors (Lipinski definition) is 6. The lowest BCUT2D eigenvalue weighted by molar-refractivity contribution is -0.138. The van der Waals surface area contributed by atoms with Crippen molar-refractivity contribution in [3.8, 4) is 5.69 Å². The lowest BCUT2D eigenvalue weighted by Crippen LogP contribution is -2.21. The third kappa shape index (κ3) is 4.32. The van der Waals surface area contributed by atoms with E-state index in [4.69, 9.17) is 5.73 Å². The third-order valence-electron chi connectivity index (χ3n) is 4.89. The minimum atomic E-state index is -4.83. The molecule has 8 nitrogen and oxygen atoms in total. The number of aryl methyl sites for hydroxylation is 1. The van der Waals surface area contributed by atoms with Gasteiger partial charge in [-0.25, -0.2) is 19.0 Å². The summed E-state index contributed by atoms with van der Waals surface area (Å²) < 4.78 is 53.9. The molecule has 0 saturated heterocycles. The number of nitrogen functional groups attached to an aromatic ring is 1. The maximum atomic E-state index is 13.6. The molecule has 2 aromatic carbocycles. The molecule has 1 atom stereocenters. The first-order valence-electron chi connectivity index (χ1n) is 9.46. The molecule has 1 amide bonds. The largest absolute Gasteiger partial charge is 0.416 e. The number of anilines is 2. The third-order valence-corrected chi connectivity index (χ3v) is 4.89. The molecule has 0 aliphatic heterocycles. The highest BCUT2D eigenvalue weighted by Crippen LogP contribution is 2.32. The van der Waals surface area contributed by atoms with Crippen LogP contribution in [-0.4, -0.2) is 30.8 Å². The second kappa shape index (κ2) is 8.13. The van der Waals surface area contributed by atoms with Gasteiger partial charge in [0.05, 0.1) is 17.4 Å². The van der Waals surface area contributed by atoms with Crippen LogP contribution in [0.15, 0.2) is 48.9 Å². The number of aliphatic hydroxyl groups excluding tert-OH is 1. The van der Waals surface area contributed by atoms with Gasteiger partial charge in [-0.05, 0) is 54.4 Å². The Balaban J connectivity index is 1.58. The minimum Gasteiger partial charge on any atom is -0.382 e. The summed E-state index contributed by atoms with van der Waals surface area (Å²) in [6.45, 7) is 1.73. The average Bonchev–Trinajstić information content (AvgIpc) is 3.17. The molecule has 12 heteroatoms. The van der Waals surface area contributed by atoms with Crippen molar-refractivity contribution >= 4 is 28.4 Å².